The second-order valence-corrected chi connectivity index (χ2v) is 4.33. The number of aromatic nitrogens is 2. The van der Waals surface area contributed by atoms with E-state index in [1.54, 1.807) is 4.68 Å². The van der Waals surface area contributed by atoms with E-state index >= 15 is 0 Å². The molecular formula is C11H20N4O2. The lowest BCUT2D eigenvalue weighted by molar-refractivity contribution is -0.122. The zero-order valence-corrected chi connectivity index (χ0v) is 10.5. The highest BCUT2D eigenvalue weighted by Gasteiger charge is 2.11. The number of nitrogens with one attached hydrogen (secondary N) is 1. The molecule has 0 aromatic carbocycles. The lowest BCUT2D eigenvalue weighted by Crippen LogP contribution is -2.32. The number of anilines is 1. The van der Waals surface area contributed by atoms with Crippen LogP contribution in [-0.4, -0.2) is 33.9 Å². The molecule has 1 aromatic rings. The summed E-state index contributed by atoms with van der Waals surface area (Å²) < 4.78 is 1.59. The van der Waals surface area contributed by atoms with Crippen molar-refractivity contribution in [2.45, 2.75) is 27.3 Å². The summed E-state index contributed by atoms with van der Waals surface area (Å²) in [5.41, 5.74) is 7.93. The Morgan fingerprint density at radius 3 is 2.71 bits per heavy atom. The van der Waals surface area contributed by atoms with Gasteiger partial charge in [-0.1, -0.05) is 6.92 Å². The second-order valence-electron chi connectivity index (χ2n) is 4.33. The molecule has 0 spiro atoms. The van der Waals surface area contributed by atoms with Gasteiger partial charge in [-0.3, -0.25) is 9.48 Å². The van der Waals surface area contributed by atoms with Crippen molar-refractivity contribution in [1.82, 2.24) is 15.1 Å². The zero-order valence-electron chi connectivity index (χ0n) is 10.5. The third-order valence-electron chi connectivity index (χ3n) is 2.69. The highest BCUT2D eigenvalue weighted by atomic mass is 16.3. The van der Waals surface area contributed by atoms with Crippen LogP contribution in [0.15, 0.2) is 0 Å². The molecule has 1 amide bonds. The van der Waals surface area contributed by atoms with Crippen molar-refractivity contribution in [1.29, 1.82) is 0 Å². The van der Waals surface area contributed by atoms with Crippen molar-refractivity contribution in [2.75, 3.05) is 18.9 Å². The number of rotatable bonds is 5. The molecular weight excluding hydrogens is 220 g/mol. The Morgan fingerprint density at radius 1 is 1.59 bits per heavy atom. The Balaban J connectivity index is 2.54. The van der Waals surface area contributed by atoms with Crippen LogP contribution in [-0.2, 0) is 11.3 Å². The van der Waals surface area contributed by atoms with Crippen LogP contribution in [0.1, 0.15) is 18.3 Å². The van der Waals surface area contributed by atoms with Crippen LogP contribution in [0.4, 0.5) is 5.69 Å². The number of nitrogen functional groups attached to an aromatic ring is 1. The first-order chi connectivity index (χ1) is 7.95. The molecule has 17 heavy (non-hydrogen) atoms. The maximum atomic E-state index is 11.6. The number of hydrogen-bond donors (Lipinski definition) is 3. The SMILES string of the molecule is Cc1nn(CC(=O)NCC(C)CO)c(C)c1N. The van der Waals surface area contributed by atoms with Gasteiger partial charge in [-0.2, -0.15) is 5.10 Å². The van der Waals surface area contributed by atoms with E-state index in [1.807, 2.05) is 20.8 Å². The van der Waals surface area contributed by atoms with Crippen LogP contribution in [0.25, 0.3) is 0 Å². The van der Waals surface area contributed by atoms with Crippen LogP contribution in [0, 0.1) is 19.8 Å². The minimum absolute atomic E-state index is 0.0597. The fourth-order valence-electron chi connectivity index (χ4n) is 1.41. The summed E-state index contributed by atoms with van der Waals surface area (Å²) in [6.45, 7) is 6.18. The van der Waals surface area contributed by atoms with E-state index in [1.165, 1.54) is 0 Å². The Labute approximate surface area is 101 Å². The number of hydrogen-bond acceptors (Lipinski definition) is 4. The lowest BCUT2D eigenvalue weighted by atomic mass is 10.2. The molecule has 1 heterocycles. The highest BCUT2D eigenvalue weighted by molar-refractivity contribution is 5.75. The third kappa shape index (κ3) is 3.45. The van der Waals surface area contributed by atoms with Crippen LogP contribution >= 0.6 is 0 Å². The van der Waals surface area contributed by atoms with E-state index in [-0.39, 0.29) is 25.0 Å². The predicted molar refractivity (Wildman–Crippen MR) is 65.4 cm³/mol. The number of carbonyl (C=O) groups is 1. The lowest BCUT2D eigenvalue weighted by Gasteiger charge is -2.10. The van der Waals surface area contributed by atoms with Crippen LogP contribution in [0.3, 0.4) is 0 Å². The standard InChI is InChI=1S/C11H20N4O2/c1-7(6-16)4-13-10(17)5-15-9(3)11(12)8(2)14-15/h7,16H,4-6,12H2,1-3H3,(H,13,17). The number of carbonyl (C=O) groups excluding carboxylic acids is 1. The van der Waals surface area contributed by atoms with Crippen molar-refractivity contribution in [3.63, 3.8) is 0 Å². The summed E-state index contributed by atoms with van der Waals surface area (Å²) in [5, 5.41) is 15.8. The number of aliphatic hydroxyl groups is 1. The van der Waals surface area contributed by atoms with E-state index in [0.29, 0.717) is 12.2 Å². The van der Waals surface area contributed by atoms with E-state index in [9.17, 15) is 4.79 Å². The molecule has 1 unspecified atom stereocenters. The van der Waals surface area contributed by atoms with Crippen molar-refractivity contribution >= 4 is 11.6 Å². The van der Waals surface area contributed by atoms with Gasteiger partial charge in [-0.05, 0) is 19.8 Å². The Kier molecular flexibility index (Phi) is 4.51. The van der Waals surface area contributed by atoms with E-state index < -0.39 is 0 Å². The van der Waals surface area contributed by atoms with Gasteiger partial charge < -0.3 is 16.2 Å². The summed E-state index contributed by atoms with van der Waals surface area (Å²) in [5.74, 6) is -0.0691. The Hall–Kier alpha value is -1.56. The molecule has 96 valence electrons. The molecule has 1 aromatic heterocycles. The molecule has 0 aliphatic carbocycles. The van der Waals surface area contributed by atoms with Gasteiger partial charge in [0.15, 0.2) is 0 Å². The van der Waals surface area contributed by atoms with Gasteiger partial charge in [0.1, 0.15) is 6.54 Å². The molecule has 0 saturated heterocycles. The van der Waals surface area contributed by atoms with E-state index in [0.717, 1.165) is 11.4 Å². The number of nitrogens with two attached hydrogens (primary N) is 1. The molecule has 0 aliphatic rings. The fraction of sp³-hybridized carbons (Fsp3) is 0.636. The molecule has 1 atom stereocenters. The summed E-state index contributed by atoms with van der Waals surface area (Å²) >= 11 is 0. The quantitative estimate of drug-likeness (QED) is 0.666. The number of amides is 1. The molecule has 0 saturated carbocycles. The Morgan fingerprint density at radius 2 is 2.24 bits per heavy atom. The monoisotopic (exact) mass is 240 g/mol. The van der Waals surface area contributed by atoms with Crippen molar-refractivity contribution in [2.24, 2.45) is 5.92 Å². The predicted octanol–water partition coefficient (Wildman–Crippen LogP) is -0.173. The maximum Gasteiger partial charge on any atom is 0.241 e. The Bertz CT molecular complexity index is 400. The molecule has 0 bridgehead atoms. The van der Waals surface area contributed by atoms with Crippen molar-refractivity contribution in [3.8, 4) is 0 Å². The first-order valence-electron chi connectivity index (χ1n) is 5.62. The molecule has 0 fully saturated rings. The highest BCUT2D eigenvalue weighted by Crippen LogP contribution is 2.14. The van der Waals surface area contributed by atoms with Crippen molar-refractivity contribution in [3.05, 3.63) is 11.4 Å². The number of nitrogens with zero attached hydrogens (tertiary/aromatic N) is 2. The van der Waals surface area contributed by atoms with Crippen molar-refractivity contribution < 1.29 is 9.90 Å². The number of aryl methyl sites for hydroxylation is 1. The van der Waals surface area contributed by atoms with Gasteiger partial charge >= 0.3 is 0 Å². The van der Waals surface area contributed by atoms with E-state index in [4.69, 9.17) is 10.8 Å². The van der Waals surface area contributed by atoms with Crippen LogP contribution in [0.5, 0.6) is 0 Å². The average molecular weight is 240 g/mol. The van der Waals surface area contributed by atoms with Gasteiger partial charge in [-0.15, -0.1) is 0 Å². The van der Waals surface area contributed by atoms with Crippen LogP contribution < -0.4 is 11.1 Å². The maximum absolute atomic E-state index is 11.6. The van der Waals surface area contributed by atoms with E-state index in [2.05, 4.69) is 10.4 Å². The van der Waals surface area contributed by atoms with Gasteiger partial charge in [0.2, 0.25) is 5.91 Å². The summed E-state index contributed by atoms with van der Waals surface area (Å²) in [6, 6.07) is 0. The third-order valence-corrected chi connectivity index (χ3v) is 2.69. The minimum atomic E-state index is -0.129. The molecule has 0 aliphatic heterocycles. The fourth-order valence-corrected chi connectivity index (χ4v) is 1.41. The average Bonchev–Trinajstić information content (AvgIpc) is 2.54. The van der Waals surface area contributed by atoms with Crippen LogP contribution in [0.2, 0.25) is 0 Å². The number of aliphatic hydroxyl groups excluding tert-OH is 1. The van der Waals surface area contributed by atoms with Gasteiger partial charge in [0.25, 0.3) is 0 Å². The molecule has 4 N–H and O–H groups in total. The largest absolute Gasteiger partial charge is 0.396 e. The normalized spacial score (nSPS) is 12.5. The first kappa shape index (κ1) is 13.5. The smallest absolute Gasteiger partial charge is 0.241 e. The molecule has 1 rings (SSSR count). The first-order valence-corrected chi connectivity index (χ1v) is 5.62. The zero-order chi connectivity index (χ0) is 13.0. The summed E-state index contributed by atoms with van der Waals surface area (Å²) in [4.78, 5) is 11.6. The minimum Gasteiger partial charge on any atom is -0.396 e. The summed E-state index contributed by atoms with van der Waals surface area (Å²) in [7, 11) is 0. The van der Waals surface area contributed by atoms with Gasteiger partial charge in [0, 0.05) is 13.2 Å². The van der Waals surface area contributed by atoms with Gasteiger partial charge in [-0.25, -0.2) is 0 Å². The van der Waals surface area contributed by atoms with Gasteiger partial charge in [0.05, 0.1) is 17.1 Å². The molecule has 0 radical (unpaired) electrons. The molecule has 6 heteroatoms. The summed E-state index contributed by atoms with van der Waals surface area (Å²) in [6.07, 6.45) is 0. The molecule has 6 nitrogen and oxygen atoms in total. The topological polar surface area (TPSA) is 93.2 Å². The second kappa shape index (κ2) is 5.67.